The van der Waals surface area contributed by atoms with Crippen molar-refractivity contribution in [2.75, 3.05) is 50.9 Å². The number of amides is 3. The second kappa shape index (κ2) is 9.47. The van der Waals surface area contributed by atoms with Crippen molar-refractivity contribution in [3.05, 3.63) is 35.5 Å². The predicted molar refractivity (Wildman–Crippen MR) is 115 cm³/mol. The normalized spacial score (nSPS) is 23.0. The molecule has 0 unspecified atom stereocenters. The lowest BCUT2D eigenvalue weighted by molar-refractivity contribution is -0.142. The minimum Gasteiger partial charge on any atom is -0.477 e. The maximum absolute atomic E-state index is 13.1. The Bertz CT molecular complexity index is 927. The molecule has 10 nitrogen and oxygen atoms in total. The highest BCUT2D eigenvalue weighted by Gasteiger charge is 2.36. The van der Waals surface area contributed by atoms with Gasteiger partial charge in [-0.25, -0.2) is 9.59 Å². The summed E-state index contributed by atoms with van der Waals surface area (Å²) in [5, 5.41) is 5.46. The third-order valence-corrected chi connectivity index (χ3v) is 5.67. The third-order valence-electron chi connectivity index (χ3n) is 5.67. The molecular formula is C22H28N4O6. The topological polar surface area (TPSA) is 109 Å². The first-order chi connectivity index (χ1) is 15.5. The van der Waals surface area contributed by atoms with E-state index in [4.69, 9.17) is 14.2 Å². The van der Waals surface area contributed by atoms with Crippen molar-refractivity contribution >= 4 is 23.6 Å². The number of fused-ring (bicyclic) bond motifs is 1. The molecule has 2 N–H and O–H groups in total. The quantitative estimate of drug-likeness (QED) is 0.641. The third kappa shape index (κ3) is 4.50. The summed E-state index contributed by atoms with van der Waals surface area (Å²) in [6.45, 7) is 6.27. The van der Waals surface area contributed by atoms with E-state index in [2.05, 4.69) is 10.6 Å². The number of carbonyl (C=O) groups is 3. The molecule has 10 heteroatoms. The molecule has 0 saturated carbocycles. The molecule has 1 aromatic carbocycles. The van der Waals surface area contributed by atoms with Crippen LogP contribution in [0.25, 0.3) is 0 Å². The van der Waals surface area contributed by atoms with Crippen LogP contribution in [0.5, 0.6) is 5.75 Å². The van der Waals surface area contributed by atoms with Crippen molar-refractivity contribution < 1.29 is 28.6 Å². The smallest absolute Gasteiger partial charge is 0.337 e. The molecule has 172 valence electrons. The molecule has 3 amide bonds. The van der Waals surface area contributed by atoms with Gasteiger partial charge in [0.05, 0.1) is 55.9 Å². The molecule has 3 aliphatic rings. The number of rotatable bonds is 5. The van der Waals surface area contributed by atoms with Gasteiger partial charge in [0, 0.05) is 13.1 Å². The number of nitrogens with zero attached hydrogens (tertiary/aromatic N) is 2. The number of esters is 1. The van der Waals surface area contributed by atoms with E-state index in [0.717, 1.165) is 5.69 Å². The van der Waals surface area contributed by atoms with Crippen LogP contribution in [0.1, 0.15) is 13.8 Å². The molecule has 0 aliphatic carbocycles. The number of hydrogen-bond acceptors (Lipinski definition) is 7. The molecule has 4 rings (SSSR count). The summed E-state index contributed by atoms with van der Waals surface area (Å²) < 4.78 is 16.6. The Morgan fingerprint density at radius 3 is 2.72 bits per heavy atom. The van der Waals surface area contributed by atoms with Crippen molar-refractivity contribution in [1.29, 1.82) is 0 Å². The van der Waals surface area contributed by atoms with Gasteiger partial charge in [0.15, 0.2) is 6.10 Å². The van der Waals surface area contributed by atoms with Crippen LogP contribution in [0.4, 0.5) is 10.5 Å². The van der Waals surface area contributed by atoms with Crippen LogP contribution in [0.2, 0.25) is 0 Å². The lowest BCUT2D eigenvalue weighted by atomic mass is 10.0. The zero-order valence-corrected chi connectivity index (χ0v) is 18.3. The Kier molecular flexibility index (Phi) is 6.50. The summed E-state index contributed by atoms with van der Waals surface area (Å²) in [7, 11) is 0. The molecular weight excluding hydrogens is 416 g/mol. The average Bonchev–Trinajstić information content (AvgIpc) is 2.79. The van der Waals surface area contributed by atoms with Gasteiger partial charge in [-0.2, -0.15) is 0 Å². The number of para-hydroxylation sites is 2. The second-order valence-electron chi connectivity index (χ2n) is 7.83. The van der Waals surface area contributed by atoms with Gasteiger partial charge in [-0.3, -0.25) is 4.79 Å². The van der Waals surface area contributed by atoms with E-state index in [0.29, 0.717) is 43.3 Å². The fourth-order valence-electron chi connectivity index (χ4n) is 4.17. The van der Waals surface area contributed by atoms with Crippen molar-refractivity contribution in [3.63, 3.8) is 0 Å². The number of benzene rings is 1. The Hall–Kier alpha value is -3.27. The Labute approximate surface area is 186 Å². The second-order valence-corrected chi connectivity index (χ2v) is 7.83. The molecule has 1 saturated heterocycles. The summed E-state index contributed by atoms with van der Waals surface area (Å²) in [6, 6.07) is 6.54. The van der Waals surface area contributed by atoms with Crippen LogP contribution in [0.3, 0.4) is 0 Å². The van der Waals surface area contributed by atoms with Crippen molar-refractivity contribution in [2.24, 2.45) is 0 Å². The molecule has 2 atom stereocenters. The van der Waals surface area contributed by atoms with Gasteiger partial charge >= 0.3 is 12.0 Å². The maximum Gasteiger partial charge on any atom is 0.337 e. The number of nitrogens with one attached hydrogen (secondary N) is 2. The van der Waals surface area contributed by atoms with Gasteiger partial charge in [-0.1, -0.05) is 12.1 Å². The number of carbonyl (C=O) groups excluding carboxylic acids is 3. The SMILES string of the molecule is CCOC(=O)C1=C(CN2C[C@@H](C(=O)N3CCOCC3)Oc3ccccc32)NC(=O)N[C@H]1C. The van der Waals surface area contributed by atoms with Gasteiger partial charge in [0.1, 0.15) is 5.75 Å². The van der Waals surface area contributed by atoms with Crippen LogP contribution < -0.4 is 20.3 Å². The van der Waals surface area contributed by atoms with Crippen molar-refractivity contribution in [2.45, 2.75) is 26.0 Å². The molecule has 3 aliphatic heterocycles. The standard InChI is InChI=1S/C22H28N4O6/c1-3-31-21(28)19-14(2)23-22(29)24-15(19)12-26-13-18(20(27)25-8-10-30-11-9-25)32-17-7-5-4-6-16(17)26/h4-7,14,18H,3,8-13H2,1-2H3,(H2,23,24,29)/t14-,18-/m0/s1. The largest absolute Gasteiger partial charge is 0.477 e. The van der Waals surface area contributed by atoms with E-state index in [9.17, 15) is 14.4 Å². The maximum atomic E-state index is 13.1. The summed E-state index contributed by atoms with van der Waals surface area (Å²) in [4.78, 5) is 41.6. The van der Waals surface area contributed by atoms with Gasteiger partial charge in [0.2, 0.25) is 0 Å². The zero-order chi connectivity index (χ0) is 22.7. The number of urea groups is 1. The van der Waals surface area contributed by atoms with Gasteiger partial charge in [-0.05, 0) is 26.0 Å². The fourth-order valence-corrected chi connectivity index (χ4v) is 4.17. The number of morpholine rings is 1. The minimum atomic E-state index is -0.704. The van der Waals surface area contributed by atoms with Crippen LogP contribution in [-0.2, 0) is 19.1 Å². The Morgan fingerprint density at radius 1 is 1.22 bits per heavy atom. The van der Waals surface area contributed by atoms with E-state index >= 15 is 0 Å². The van der Waals surface area contributed by atoms with E-state index in [-0.39, 0.29) is 31.6 Å². The Balaban J connectivity index is 1.63. The number of hydrogen-bond donors (Lipinski definition) is 2. The van der Waals surface area contributed by atoms with Gasteiger partial charge < -0.3 is 34.6 Å². The molecule has 0 spiro atoms. The first kappa shape index (κ1) is 21.9. The summed E-state index contributed by atoms with van der Waals surface area (Å²) in [6.07, 6.45) is -0.704. The fraction of sp³-hybridized carbons (Fsp3) is 0.500. The lowest BCUT2D eigenvalue weighted by Gasteiger charge is -2.39. The summed E-state index contributed by atoms with van der Waals surface area (Å²) >= 11 is 0. The molecule has 1 fully saturated rings. The first-order valence-corrected chi connectivity index (χ1v) is 10.8. The number of anilines is 1. The highest BCUT2D eigenvalue weighted by atomic mass is 16.5. The van der Waals surface area contributed by atoms with Crippen LogP contribution in [0, 0.1) is 0 Å². The average molecular weight is 444 g/mol. The molecule has 0 bridgehead atoms. The van der Waals surface area contributed by atoms with E-state index in [1.54, 1.807) is 18.7 Å². The van der Waals surface area contributed by atoms with E-state index in [1.165, 1.54) is 0 Å². The molecule has 1 aromatic rings. The molecule has 0 aromatic heterocycles. The van der Waals surface area contributed by atoms with E-state index < -0.39 is 18.1 Å². The summed E-state index contributed by atoms with van der Waals surface area (Å²) in [5.74, 6) is -0.00273. The Morgan fingerprint density at radius 2 is 1.97 bits per heavy atom. The first-order valence-electron chi connectivity index (χ1n) is 10.8. The van der Waals surface area contributed by atoms with Gasteiger partial charge in [-0.15, -0.1) is 0 Å². The van der Waals surface area contributed by atoms with Crippen molar-refractivity contribution in [1.82, 2.24) is 15.5 Å². The van der Waals surface area contributed by atoms with E-state index in [1.807, 2.05) is 29.2 Å². The monoisotopic (exact) mass is 444 g/mol. The van der Waals surface area contributed by atoms with Crippen LogP contribution in [-0.4, -0.2) is 81.0 Å². The number of ether oxygens (including phenoxy) is 3. The summed E-state index contributed by atoms with van der Waals surface area (Å²) in [5.41, 5.74) is 1.61. The van der Waals surface area contributed by atoms with Gasteiger partial charge in [0.25, 0.3) is 5.91 Å². The predicted octanol–water partition coefficient (Wildman–Crippen LogP) is 0.631. The van der Waals surface area contributed by atoms with Crippen LogP contribution >= 0.6 is 0 Å². The zero-order valence-electron chi connectivity index (χ0n) is 18.3. The highest BCUT2D eigenvalue weighted by Crippen LogP contribution is 2.34. The van der Waals surface area contributed by atoms with Crippen molar-refractivity contribution in [3.8, 4) is 5.75 Å². The van der Waals surface area contributed by atoms with Crippen LogP contribution in [0.15, 0.2) is 35.5 Å². The highest BCUT2D eigenvalue weighted by molar-refractivity contribution is 5.95. The molecule has 3 heterocycles. The minimum absolute atomic E-state index is 0.102. The molecule has 32 heavy (non-hydrogen) atoms. The lowest BCUT2D eigenvalue weighted by Crippen LogP contribution is -2.55. The molecule has 0 radical (unpaired) electrons.